The van der Waals surface area contributed by atoms with E-state index in [2.05, 4.69) is 43.6 Å². The highest BCUT2D eigenvalue weighted by atomic mass is 15.3. The Morgan fingerprint density at radius 1 is 0.885 bits per heavy atom. The molecule has 0 spiro atoms. The van der Waals surface area contributed by atoms with Crippen LogP contribution < -0.4 is 0 Å². The quantitative estimate of drug-likeness (QED) is 0.846. The highest BCUT2D eigenvalue weighted by molar-refractivity contribution is 5.74. The Balaban J connectivity index is 1.14. The Morgan fingerprint density at radius 3 is 2.23 bits per heavy atom. The summed E-state index contributed by atoms with van der Waals surface area (Å²) in [5.41, 5.74) is 2.96. The summed E-state index contributed by atoms with van der Waals surface area (Å²) < 4.78 is 2.32. The fourth-order valence-electron chi connectivity index (χ4n) is 7.15. The van der Waals surface area contributed by atoms with Gasteiger partial charge in [0.05, 0.1) is 24.0 Å². The second-order valence-corrected chi connectivity index (χ2v) is 9.59. The van der Waals surface area contributed by atoms with Crippen molar-refractivity contribution in [2.24, 2.45) is 17.8 Å². The van der Waals surface area contributed by atoms with Crippen molar-refractivity contribution in [2.75, 3.05) is 26.2 Å². The number of piperazine rings is 1. The summed E-state index contributed by atoms with van der Waals surface area (Å²) in [7, 11) is 0. The standard InChI is InChI=1S/C22H30N4/c1-2-4-21-20(3-1)23-15-25(21)16-24-5-7-26(8-6-24)22-12-17-9-18(13-22)11-19(10-17)14-22/h1-4,15,17-19H,5-14,16H2. The number of benzene rings is 1. The molecule has 5 fully saturated rings. The molecule has 2 heterocycles. The van der Waals surface area contributed by atoms with E-state index in [4.69, 9.17) is 0 Å². The predicted octanol–water partition coefficient (Wildman–Crippen LogP) is 3.58. The molecule has 0 unspecified atom stereocenters. The average Bonchev–Trinajstić information content (AvgIpc) is 3.04. The SMILES string of the molecule is c1ccc2c(c1)ncn2CN1CCN(C23CC4CC(CC(C4)C2)C3)CC1. The van der Waals surface area contributed by atoms with Crippen molar-refractivity contribution in [3.05, 3.63) is 30.6 Å². The maximum atomic E-state index is 4.55. The van der Waals surface area contributed by atoms with E-state index in [-0.39, 0.29) is 0 Å². The van der Waals surface area contributed by atoms with Gasteiger partial charge < -0.3 is 4.57 Å². The third-order valence-corrected chi connectivity index (χ3v) is 7.93. The van der Waals surface area contributed by atoms with Gasteiger partial charge in [-0.25, -0.2) is 4.98 Å². The molecule has 1 aromatic heterocycles. The Labute approximate surface area is 156 Å². The maximum Gasteiger partial charge on any atom is 0.0969 e. The zero-order valence-corrected chi connectivity index (χ0v) is 15.7. The molecule has 1 aromatic carbocycles. The largest absolute Gasteiger partial charge is 0.317 e. The number of para-hydroxylation sites is 2. The van der Waals surface area contributed by atoms with Gasteiger partial charge in [0, 0.05) is 31.7 Å². The molecule has 138 valence electrons. The first-order valence-corrected chi connectivity index (χ1v) is 10.6. The van der Waals surface area contributed by atoms with Gasteiger partial charge in [0.25, 0.3) is 0 Å². The van der Waals surface area contributed by atoms with E-state index in [1.54, 1.807) is 19.3 Å². The summed E-state index contributed by atoms with van der Waals surface area (Å²) in [6.07, 6.45) is 11.2. The van der Waals surface area contributed by atoms with Gasteiger partial charge in [0.2, 0.25) is 0 Å². The topological polar surface area (TPSA) is 24.3 Å². The number of hydrogen-bond donors (Lipinski definition) is 0. The molecule has 0 amide bonds. The third kappa shape index (κ3) is 2.45. The van der Waals surface area contributed by atoms with Crippen LogP contribution in [0.3, 0.4) is 0 Å². The second-order valence-electron chi connectivity index (χ2n) is 9.59. The molecule has 1 aliphatic heterocycles. The molecular weight excluding hydrogens is 320 g/mol. The van der Waals surface area contributed by atoms with E-state index >= 15 is 0 Å². The summed E-state index contributed by atoms with van der Waals surface area (Å²) in [6, 6.07) is 8.49. The molecule has 4 heteroatoms. The van der Waals surface area contributed by atoms with Crippen LogP contribution in [0.25, 0.3) is 11.0 Å². The fourth-order valence-corrected chi connectivity index (χ4v) is 7.15. The van der Waals surface area contributed by atoms with E-state index in [9.17, 15) is 0 Å². The van der Waals surface area contributed by atoms with Gasteiger partial charge in [0.15, 0.2) is 0 Å². The van der Waals surface area contributed by atoms with Crippen molar-refractivity contribution in [3.8, 4) is 0 Å². The van der Waals surface area contributed by atoms with Gasteiger partial charge in [-0.3, -0.25) is 9.80 Å². The zero-order valence-electron chi connectivity index (χ0n) is 15.7. The molecular formula is C22H30N4. The summed E-state index contributed by atoms with van der Waals surface area (Å²) in [5, 5.41) is 0. The summed E-state index contributed by atoms with van der Waals surface area (Å²) >= 11 is 0. The third-order valence-electron chi connectivity index (χ3n) is 7.93. The van der Waals surface area contributed by atoms with Crippen molar-refractivity contribution in [1.29, 1.82) is 0 Å². The molecule has 7 rings (SSSR count). The molecule has 4 saturated carbocycles. The Morgan fingerprint density at radius 2 is 1.54 bits per heavy atom. The number of aromatic nitrogens is 2. The van der Waals surface area contributed by atoms with Gasteiger partial charge in [-0.05, 0) is 68.4 Å². The van der Waals surface area contributed by atoms with Crippen LogP contribution in [0.4, 0.5) is 0 Å². The monoisotopic (exact) mass is 350 g/mol. The first-order chi connectivity index (χ1) is 12.8. The number of rotatable bonds is 3. The van der Waals surface area contributed by atoms with Gasteiger partial charge in [-0.15, -0.1) is 0 Å². The average molecular weight is 351 g/mol. The van der Waals surface area contributed by atoms with Gasteiger partial charge >= 0.3 is 0 Å². The fraction of sp³-hybridized carbons (Fsp3) is 0.682. The van der Waals surface area contributed by atoms with Crippen molar-refractivity contribution < 1.29 is 0 Å². The first kappa shape index (κ1) is 15.6. The molecule has 4 aliphatic carbocycles. The summed E-state index contributed by atoms with van der Waals surface area (Å²) in [4.78, 5) is 10.1. The smallest absolute Gasteiger partial charge is 0.0969 e. The molecule has 0 radical (unpaired) electrons. The minimum atomic E-state index is 0.586. The predicted molar refractivity (Wildman–Crippen MR) is 104 cm³/mol. The number of fused-ring (bicyclic) bond motifs is 1. The lowest BCUT2D eigenvalue weighted by Crippen LogP contribution is -2.63. The van der Waals surface area contributed by atoms with Crippen molar-refractivity contribution >= 4 is 11.0 Å². The van der Waals surface area contributed by atoms with Gasteiger partial charge in [-0.1, -0.05) is 12.1 Å². The van der Waals surface area contributed by atoms with Crippen LogP contribution in [0.2, 0.25) is 0 Å². The van der Waals surface area contributed by atoms with E-state index in [0.717, 1.165) is 29.9 Å². The summed E-state index contributed by atoms with van der Waals surface area (Å²) in [5.74, 6) is 3.16. The normalized spacial score (nSPS) is 37.6. The van der Waals surface area contributed by atoms with E-state index in [1.165, 1.54) is 51.0 Å². The van der Waals surface area contributed by atoms with Gasteiger partial charge in [0.1, 0.15) is 0 Å². The van der Waals surface area contributed by atoms with E-state index < -0.39 is 0 Å². The van der Waals surface area contributed by atoms with Crippen LogP contribution in [-0.2, 0) is 6.67 Å². The van der Waals surface area contributed by atoms with Gasteiger partial charge in [-0.2, -0.15) is 0 Å². The first-order valence-electron chi connectivity index (χ1n) is 10.6. The molecule has 5 aliphatic rings. The van der Waals surface area contributed by atoms with Crippen LogP contribution >= 0.6 is 0 Å². The second kappa shape index (κ2) is 5.80. The molecule has 2 aromatic rings. The minimum Gasteiger partial charge on any atom is -0.317 e. The van der Waals surface area contributed by atoms with Crippen LogP contribution in [0.1, 0.15) is 38.5 Å². The lowest BCUT2D eigenvalue weighted by atomic mass is 9.52. The zero-order chi connectivity index (χ0) is 17.1. The van der Waals surface area contributed by atoms with Crippen LogP contribution in [0.5, 0.6) is 0 Å². The molecule has 0 N–H and O–H groups in total. The molecule has 26 heavy (non-hydrogen) atoms. The Bertz CT molecular complexity index is 766. The lowest BCUT2D eigenvalue weighted by molar-refractivity contribution is -0.103. The molecule has 4 nitrogen and oxygen atoms in total. The maximum absolute atomic E-state index is 4.55. The Kier molecular flexibility index (Phi) is 3.49. The lowest BCUT2D eigenvalue weighted by Gasteiger charge is -2.61. The minimum absolute atomic E-state index is 0.586. The molecule has 4 bridgehead atoms. The van der Waals surface area contributed by atoms with Crippen molar-refractivity contribution in [3.63, 3.8) is 0 Å². The molecule has 0 atom stereocenters. The molecule has 1 saturated heterocycles. The number of imidazole rings is 1. The van der Waals surface area contributed by atoms with E-state index in [0.29, 0.717) is 5.54 Å². The Hall–Kier alpha value is -1.39. The number of nitrogens with zero attached hydrogens (tertiary/aromatic N) is 4. The van der Waals surface area contributed by atoms with Crippen molar-refractivity contribution in [2.45, 2.75) is 50.7 Å². The highest BCUT2D eigenvalue weighted by Crippen LogP contribution is 2.57. The number of hydrogen-bond acceptors (Lipinski definition) is 3. The van der Waals surface area contributed by atoms with Crippen LogP contribution in [-0.4, -0.2) is 51.1 Å². The van der Waals surface area contributed by atoms with Crippen LogP contribution in [0, 0.1) is 17.8 Å². The van der Waals surface area contributed by atoms with Crippen LogP contribution in [0.15, 0.2) is 30.6 Å². The van der Waals surface area contributed by atoms with Crippen molar-refractivity contribution in [1.82, 2.24) is 19.4 Å². The highest BCUT2D eigenvalue weighted by Gasteiger charge is 2.53. The van der Waals surface area contributed by atoms with E-state index in [1.807, 2.05) is 6.33 Å². The summed E-state index contributed by atoms with van der Waals surface area (Å²) in [6.45, 7) is 5.91.